The average molecular weight is 279 g/mol. The molecule has 1 aromatic rings. The quantitative estimate of drug-likeness (QED) is 0.829. The average Bonchev–Trinajstić information content (AvgIpc) is 3.09. The lowest BCUT2D eigenvalue weighted by Crippen LogP contribution is -2.38. The Hall–Kier alpha value is -0.940. The highest BCUT2D eigenvalue weighted by atomic mass is 16.5. The van der Waals surface area contributed by atoms with E-state index < -0.39 is 0 Å². The first-order valence-corrected chi connectivity index (χ1v) is 7.67. The smallest absolute Gasteiger partial charge is 0.240 e. The van der Waals surface area contributed by atoms with E-state index in [0.29, 0.717) is 11.8 Å². The van der Waals surface area contributed by atoms with E-state index in [-0.39, 0.29) is 5.60 Å². The van der Waals surface area contributed by atoms with Gasteiger partial charge in [-0.25, -0.2) is 0 Å². The molecule has 0 aromatic carbocycles. The summed E-state index contributed by atoms with van der Waals surface area (Å²) in [7, 11) is 2.13. The van der Waals surface area contributed by atoms with Crippen molar-refractivity contribution in [2.24, 2.45) is 5.92 Å². The molecule has 2 aliphatic rings. The van der Waals surface area contributed by atoms with E-state index >= 15 is 0 Å². The molecule has 1 saturated heterocycles. The molecule has 1 saturated carbocycles. The van der Waals surface area contributed by atoms with E-state index in [1.165, 1.54) is 12.8 Å². The molecule has 5 nitrogen and oxygen atoms in total. The summed E-state index contributed by atoms with van der Waals surface area (Å²) in [6.07, 6.45) is 4.69. The second-order valence-corrected chi connectivity index (χ2v) is 6.98. The Morgan fingerprint density at radius 3 is 2.80 bits per heavy atom. The maximum Gasteiger partial charge on any atom is 0.240 e. The maximum absolute atomic E-state index is 5.77. The van der Waals surface area contributed by atoms with Crippen LogP contribution in [0, 0.1) is 5.92 Å². The standard InChI is InChI=1S/C15H25N3O2/c1-15(2)8-11(6-7-19-15)9-18(3)10-13-16-14(17-20-13)12-4-5-12/h11-12H,4-10H2,1-3H3/t11-/m1/s1. The van der Waals surface area contributed by atoms with Gasteiger partial charge in [0.1, 0.15) is 0 Å². The lowest BCUT2D eigenvalue weighted by molar-refractivity contribution is -0.0763. The third-order valence-electron chi connectivity index (χ3n) is 4.20. The Morgan fingerprint density at radius 2 is 2.10 bits per heavy atom. The first kappa shape index (κ1) is 14.0. The fraction of sp³-hybridized carbons (Fsp3) is 0.867. The van der Waals surface area contributed by atoms with Crippen LogP contribution in [0.4, 0.5) is 0 Å². The number of aromatic nitrogens is 2. The molecular weight excluding hydrogens is 254 g/mol. The Balaban J connectivity index is 1.49. The van der Waals surface area contributed by atoms with E-state index in [1.807, 2.05) is 0 Å². The Morgan fingerprint density at radius 1 is 1.30 bits per heavy atom. The molecule has 1 atom stereocenters. The van der Waals surface area contributed by atoms with Gasteiger partial charge < -0.3 is 9.26 Å². The number of rotatable bonds is 5. The molecule has 0 radical (unpaired) electrons. The zero-order chi connectivity index (χ0) is 14.2. The molecule has 0 unspecified atom stereocenters. The van der Waals surface area contributed by atoms with Gasteiger partial charge in [-0.05, 0) is 52.5 Å². The summed E-state index contributed by atoms with van der Waals surface area (Å²) >= 11 is 0. The van der Waals surface area contributed by atoms with Gasteiger partial charge in [0.2, 0.25) is 5.89 Å². The van der Waals surface area contributed by atoms with E-state index in [9.17, 15) is 0 Å². The van der Waals surface area contributed by atoms with Crippen molar-refractivity contribution >= 4 is 0 Å². The summed E-state index contributed by atoms with van der Waals surface area (Å²) < 4.78 is 11.1. The fourth-order valence-electron chi connectivity index (χ4n) is 3.09. The molecule has 0 amide bonds. The van der Waals surface area contributed by atoms with Crippen molar-refractivity contribution in [1.29, 1.82) is 0 Å². The Bertz CT molecular complexity index is 454. The summed E-state index contributed by atoms with van der Waals surface area (Å²) in [4.78, 5) is 6.78. The summed E-state index contributed by atoms with van der Waals surface area (Å²) in [6.45, 7) is 7.04. The van der Waals surface area contributed by atoms with Crippen LogP contribution in [-0.4, -0.2) is 40.8 Å². The third-order valence-corrected chi connectivity index (χ3v) is 4.20. The molecule has 1 aromatic heterocycles. The van der Waals surface area contributed by atoms with E-state index in [2.05, 4.69) is 35.9 Å². The zero-order valence-corrected chi connectivity index (χ0v) is 12.8. The van der Waals surface area contributed by atoms with Crippen LogP contribution in [0.15, 0.2) is 4.52 Å². The van der Waals surface area contributed by atoms with Crippen LogP contribution in [0.2, 0.25) is 0 Å². The minimum absolute atomic E-state index is 0.0212. The molecule has 3 rings (SSSR count). The highest BCUT2D eigenvalue weighted by molar-refractivity contribution is 5.03. The fourth-order valence-corrected chi connectivity index (χ4v) is 3.09. The molecule has 2 heterocycles. The van der Waals surface area contributed by atoms with Gasteiger partial charge >= 0.3 is 0 Å². The van der Waals surface area contributed by atoms with Crippen LogP contribution >= 0.6 is 0 Å². The largest absolute Gasteiger partial charge is 0.376 e. The molecule has 0 N–H and O–H groups in total. The number of hydrogen-bond acceptors (Lipinski definition) is 5. The van der Waals surface area contributed by atoms with Crippen LogP contribution < -0.4 is 0 Å². The van der Waals surface area contributed by atoms with Crippen LogP contribution in [0.3, 0.4) is 0 Å². The molecule has 1 aliphatic carbocycles. The monoisotopic (exact) mass is 279 g/mol. The van der Waals surface area contributed by atoms with Crippen molar-refractivity contribution in [3.05, 3.63) is 11.7 Å². The molecule has 5 heteroatoms. The third kappa shape index (κ3) is 3.58. The van der Waals surface area contributed by atoms with Gasteiger partial charge in [-0.2, -0.15) is 4.98 Å². The van der Waals surface area contributed by atoms with Crippen molar-refractivity contribution in [3.63, 3.8) is 0 Å². The second-order valence-electron chi connectivity index (χ2n) is 6.98. The number of nitrogens with zero attached hydrogens (tertiary/aromatic N) is 3. The summed E-state index contributed by atoms with van der Waals surface area (Å²) in [5.74, 6) is 2.91. The highest BCUT2D eigenvalue weighted by Gasteiger charge is 2.30. The number of ether oxygens (including phenoxy) is 1. The van der Waals surface area contributed by atoms with Gasteiger partial charge in [0.05, 0.1) is 12.1 Å². The predicted octanol–water partition coefficient (Wildman–Crippen LogP) is 2.58. The Kier molecular flexibility index (Phi) is 3.82. The topological polar surface area (TPSA) is 51.4 Å². The lowest BCUT2D eigenvalue weighted by Gasteiger charge is -2.36. The van der Waals surface area contributed by atoms with Gasteiger partial charge in [-0.15, -0.1) is 0 Å². The van der Waals surface area contributed by atoms with E-state index in [1.54, 1.807) is 0 Å². The minimum atomic E-state index is 0.0212. The zero-order valence-electron chi connectivity index (χ0n) is 12.8. The predicted molar refractivity (Wildman–Crippen MR) is 75.4 cm³/mol. The molecule has 1 aliphatic heterocycles. The first-order chi connectivity index (χ1) is 9.52. The van der Waals surface area contributed by atoms with E-state index in [4.69, 9.17) is 9.26 Å². The lowest BCUT2D eigenvalue weighted by atomic mass is 9.88. The van der Waals surface area contributed by atoms with Crippen LogP contribution in [0.5, 0.6) is 0 Å². The van der Waals surface area contributed by atoms with Crippen molar-refractivity contribution in [2.75, 3.05) is 20.2 Å². The van der Waals surface area contributed by atoms with E-state index in [0.717, 1.165) is 44.3 Å². The van der Waals surface area contributed by atoms with Crippen LogP contribution in [0.25, 0.3) is 0 Å². The van der Waals surface area contributed by atoms with Crippen molar-refractivity contribution in [3.8, 4) is 0 Å². The molecule has 0 spiro atoms. The summed E-state index contributed by atoms with van der Waals surface area (Å²) in [5, 5.41) is 4.07. The molecule has 0 bridgehead atoms. The minimum Gasteiger partial charge on any atom is -0.376 e. The van der Waals surface area contributed by atoms with Crippen molar-refractivity contribution < 1.29 is 9.26 Å². The van der Waals surface area contributed by atoms with Gasteiger partial charge in [0.25, 0.3) is 0 Å². The maximum atomic E-state index is 5.77. The van der Waals surface area contributed by atoms with Gasteiger partial charge in [-0.3, -0.25) is 4.90 Å². The molecule has 2 fully saturated rings. The Labute approximate surface area is 120 Å². The normalized spacial score (nSPS) is 26.1. The summed E-state index contributed by atoms with van der Waals surface area (Å²) in [5.41, 5.74) is 0.0212. The van der Waals surface area contributed by atoms with Crippen molar-refractivity contribution in [1.82, 2.24) is 15.0 Å². The van der Waals surface area contributed by atoms with Gasteiger partial charge in [-0.1, -0.05) is 5.16 Å². The highest BCUT2D eigenvalue weighted by Crippen LogP contribution is 2.38. The van der Waals surface area contributed by atoms with Crippen LogP contribution in [-0.2, 0) is 11.3 Å². The van der Waals surface area contributed by atoms with Gasteiger partial charge in [0.15, 0.2) is 5.82 Å². The number of hydrogen-bond donors (Lipinski definition) is 0. The second kappa shape index (κ2) is 5.45. The van der Waals surface area contributed by atoms with Crippen molar-refractivity contribution in [2.45, 2.75) is 57.6 Å². The SMILES string of the molecule is CN(Cc1nc(C2CC2)no1)C[C@@H]1CCOC(C)(C)C1. The summed E-state index contributed by atoms with van der Waals surface area (Å²) in [6, 6.07) is 0. The van der Waals surface area contributed by atoms with Crippen LogP contribution in [0.1, 0.15) is 57.2 Å². The first-order valence-electron chi connectivity index (χ1n) is 7.67. The molecular formula is C15H25N3O2. The molecule has 112 valence electrons. The molecule has 20 heavy (non-hydrogen) atoms. The van der Waals surface area contributed by atoms with Gasteiger partial charge in [0, 0.05) is 19.1 Å².